The van der Waals surface area contributed by atoms with Gasteiger partial charge in [-0.05, 0) is 54.1 Å². The number of carbonyl (C=O) groups excluding carboxylic acids is 1. The summed E-state index contributed by atoms with van der Waals surface area (Å²) < 4.78 is 27.7. The zero-order valence-electron chi connectivity index (χ0n) is 16.1. The third-order valence-corrected chi connectivity index (χ3v) is 5.65. The summed E-state index contributed by atoms with van der Waals surface area (Å²) in [5.41, 5.74) is 1.79. The van der Waals surface area contributed by atoms with Crippen molar-refractivity contribution in [1.29, 1.82) is 0 Å². The number of nitrogens with two attached hydrogens (primary N) is 1. The van der Waals surface area contributed by atoms with Crippen LogP contribution in [0.3, 0.4) is 0 Å². The number of rotatable bonds is 6. The maximum atomic E-state index is 13.2. The van der Waals surface area contributed by atoms with Crippen molar-refractivity contribution >= 4 is 23.4 Å². The predicted molar refractivity (Wildman–Crippen MR) is 116 cm³/mol. The highest BCUT2D eigenvalue weighted by Gasteiger charge is 2.25. The average Bonchev–Trinajstić information content (AvgIpc) is 3.15. The van der Waals surface area contributed by atoms with Crippen molar-refractivity contribution in [1.82, 2.24) is 14.9 Å². The molecule has 6 nitrogen and oxygen atoms in total. The van der Waals surface area contributed by atoms with E-state index in [-0.39, 0.29) is 11.7 Å². The van der Waals surface area contributed by atoms with Gasteiger partial charge in [0, 0.05) is 11.3 Å². The van der Waals surface area contributed by atoms with Gasteiger partial charge in [0.2, 0.25) is 11.1 Å². The molecule has 0 aliphatic carbocycles. The maximum Gasteiger partial charge on any atom is 0.242 e. The molecule has 1 amide bonds. The van der Waals surface area contributed by atoms with Crippen molar-refractivity contribution in [3.05, 3.63) is 96.1 Å². The van der Waals surface area contributed by atoms with Gasteiger partial charge in [-0.3, -0.25) is 4.79 Å². The fourth-order valence-corrected chi connectivity index (χ4v) is 3.86. The van der Waals surface area contributed by atoms with E-state index < -0.39 is 11.1 Å². The van der Waals surface area contributed by atoms with E-state index in [2.05, 4.69) is 15.5 Å². The lowest BCUT2D eigenvalue weighted by atomic mass is 10.1. The molecule has 0 saturated carbocycles. The van der Waals surface area contributed by atoms with Crippen LogP contribution in [0.2, 0.25) is 0 Å². The van der Waals surface area contributed by atoms with Gasteiger partial charge in [-0.1, -0.05) is 42.1 Å². The maximum absolute atomic E-state index is 13.2. The molecule has 9 heteroatoms. The van der Waals surface area contributed by atoms with E-state index in [1.54, 1.807) is 12.1 Å². The Hall–Kier alpha value is -3.72. The SMILES string of the molecule is Nn1c(SC(C(=O)Nc2ccc(F)cc2)c2ccccc2)nnc1-c1ccc(F)cc1. The first-order valence-electron chi connectivity index (χ1n) is 9.26. The number of anilines is 1. The average molecular weight is 437 g/mol. The lowest BCUT2D eigenvalue weighted by molar-refractivity contribution is -0.115. The van der Waals surface area contributed by atoms with Gasteiger partial charge in [0.25, 0.3) is 0 Å². The van der Waals surface area contributed by atoms with Crippen LogP contribution >= 0.6 is 11.8 Å². The molecule has 0 aliphatic heterocycles. The molecule has 0 radical (unpaired) electrons. The molecule has 0 saturated heterocycles. The van der Waals surface area contributed by atoms with Crippen LogP contribution in [0.1, 0.15) is 10.8 Å². The summed E-state index contributed by atoms with van der Waals surface area (Å²) >= 11 is 1.12. The molecule has 1 atom stereocenters. The van der Waals surface area contributed by atoms with Crippen LogP contribution in [0, 0.1) is 11.6 Å². The molecule has 0 bridgehead atoms. The molecule has 4 rings (SSSR count). The minimum absolute atomic E-state index is 0.308. The molecular weight excluding hydrogens is 420 g/mol. The first kappa shape index (κ1) is 20.5. The second-order valence-corrected chi connectivity index (χ2v) is 7.66. The smallest absolute Gasteiger partial charge is 0.242 e. The number of hydrogen-bond donors (Lipinski definition) is 2. The highest BCUT2D eigenvalue weighted by molar-refractivity contribution is 8.00. The van der Waals surface area contributed by atoms with E-state index >= 15 is 0 Å². The molecule has 1 unspecified atom stereocenters. The number of benzene rings is 3. The van der Waals surface area contributed by atoms with Gasteiger partial charge in [0.1, 0.15) is 16.9 Å². The summed E-state index contributed by atoms with van der Waals surface area (Å²) in [4.78, 5) is 13.1. The van der Waals surface area contributed by atoms with E-state index in [9.17, 15) is 13.6 Å². The number of carbonyl (C=O) groups is 1. The molecule has 3 N–H and O–H groups in total. The second-order valence-electron chi connectivity index (χ2n) is 6.59. The van der Waals surface area contributed by atoms with Gasteiger partial charge in [0.05, 0.1) is 0 Å². The third-order valence-electron chi connectivity index (χ3n) is 4.44. The Labute approximate surface area is 181 Å². The van der Waals surface area contributed by atoms with Crippen molar-refractivity contribution in [2.75, 3.05) is 11.2 Å². The summed E-state index contributed by atoms with van der Waals surface area (Å²) in [6.07, 6.45) is 0. The number of nitrogens with one attached hydrogen (secondary N) is 1. The number of nitrogens with zero attached hydrogens (tertiary/aromatic N) is 3. The standard InChI is InChI=1S/C22H17F2N5OS/c23-16-8-6-15(7-9-16)20-27-28-22(29(20)25)31-19(14-4-2-1-3-5-14)21(30)26-18-12-10-17(24)11-13-18/h1-13,19H,25H2,(H,26,30). The number of amides is 1. The molecule has 0 spiro atoms. The molecule has 31 heavy (non-hydrogen) atoms. The minimum Gasteiger partial charge on any atom is -0.335 e. The Morgan fingerprint density at radius 3 is 2.16 bits per heavy atom. The first-order valence-corrected chi connectivity index (χ1v) is 10.1. The highest BCUT2D eigenvalue weighted by atomic mass is 32.2. The lowest BCUT2D eigenvalue weighted by Crippen LogP contribution is -2.20. The van der Waals surface area contributed by atoms with Crippen LogP contribution in [0.5, 0.6) is 0 Å². The predicted octanol–water partition coefficient (Wildman–Crippen LogP) is 4.41. The number of thioether (sulfide) groups is 1. The first-order chi connectivity index (χ1) is 15.0. The summed E-state index contributed by atoms with van der Waals surface area (Å²) in [5.74, 6) is 5.42. The van der Waals surface area contributed by atoms with E-state index in [0.717, 1.165) is 17.3 Å². The van der Waals surface area contributed by atoms with Crippen molar-refractivity contribution in [2.24, 2.45) is 0 Å². The zero-order valence-corrected chi connectivity index (χ0v) is 16.9. The molecule has 0 fully saturated rings. The molecule has 0 aliphatic rings. The van der Waals surface area contributed by atoms with Crippen LogP contribution < -0.4 is 11.2 Å². The minimum atomic E-state index is -0.696. The summed E-state index contributed by atoms with van der Waals surface area (Å²) in [5, 5.41) is 10.6. The number of hydrogen-bond acceptors (Lipinski definition) is 5. The van der Waals surface area contributed by atoms with Crippen LogP contribution in [0.4, 0.5) is 14.5 Å². The number of aromatic nitrogens is 3. The molecule has 4 aromatic rings. The summed E-state index contributed by atoms with van der Waals surface area (Å²) in [6, 6.07) is 20.4. The largest absolute Gasteiger partial charge is 0.335 e. The quantitative estimate of drug-likeness (QED) is 0.345. The molecule has 1 heterocycles. The topological polar surface area (TPSA) is 85.8 Å². The fraction of sp³-hybridized carbons (Fsp3) is 0.0455. The van der Waals surface area contributed by atoms with Crippen molar-refractivity contribution in [3.63, 3.8) is 0 Å². The molecule has 1 aromatic heterocycles. The Kier molecular flexibility index (Phi) is 5.94. The Bertz CT molecular complexity index is 1180. The van der Waals surface area contributed by atoms with Gasteiger partial charge < -0.3 is 11.2 Å². The van der Waals surface area contributed by atoms with Gasteiger partial charge in [-0.15, -0.1) is 10.2 Å². The normalized spacial score (nSPS) is 11.8. The second kappa shape index (κ2) is 8.97. The van der Waals surface area contributed by atoms with E-state index in [0.29, 0.717) is 22.2 Å². The molecular formula is C22H17F2N5OS. The van der Waals surface area contributed by atoms with Crippen molar-refractivity contribution in [2.45, 2.75) is 10.4 Å². The van der Waals surface area contributed by atoms with Crippen LogP contribution in [-0.4, -0.2) is 20.8 Å². The summed E-state index contributed by atoms with van der Waals surface area (Å²) in [7, 11) is 0. The number of halogens is 2. The van der Waals surface area contributed by atoms with Crippen molar-refractivity contribution < 1.29 is 13.6 Å². The molecule has 3 aromatic carbocycles. The van der Waals surface area contributed by atoms with Gasteiger partial charge in [0.15, 0.2) is 5.82 Å². The van der Waals surface area contributed by atoms with Crippen LogP contribution in [-0.2, 0) is 4.79 Å². The van der Waals surface area contributed by atoms with Crippen LogP contribution in [0.15, 0.2) is 84.0 Å². The zero-order chi connectivity index (χ0) is 21.8. The summed E-state index contributed by atoms with van der Waals surface area (Å²) in [6.45, 7) is 0. The van der Waals surface area contributed by atoms with Crippen LogP contribution in [0.25, 0.3) is 11.4 Å². The highest BCUT2D eigenvalue weighted by Crippen LogP contribution is 2.36. The van der Waals surface area contributed by atoms with E-state index in [1.165, 1.54) is 41.1 Å². The molecule has 156 valence electrons. The Balaban J connectivity index is 1.62. The monoisotopic (exact) mass is 437 g/mol. The van der Waals surface area contributed by atoms with E-state index in [1.807, 2.05) is 30.3 Å². The van der Waals surface area contributed by atoms with Gasteiger partial charge in [-0.25, -0.2) is 13.5 Å². The number of nitrogen functional groups attached to an aromatic ring is 1. The Morgan fingerprint density at radius 2 is 1.52 bits per heavy atom. The van der Waals surface area contributed by atoms with Gasteiger partial charge in [-0.2, -0.15) is 0 Å². The third kappa shape index (κ3) is 4.72. The Morgan fingerprint density at radius 1 is 0.903 bits per heavy atom. The van der Waals surface area contributed by atoms with Gasteiger partial charge >= 0.3 is 0 Å². The lowest BCUT2D eigenvalue weighted by Gasteiger charge is -2.16. The van der Waals surface area contributed by atoms with E-state index in [4.69, 9.17) is 5.84 Å². The van der Waals surface area contributed by atoms with Crippen molar-refractivity contribution in [3.8, 4) is 11.4 Å². The fourth-order valence-electron chi connectivity index (χ4n) is 2.90.